The molecule has 5 nitrogen and oxygen atoms in total. The number of aromatic nitrogens is 3. The Labute approximate surface area is 136 Å². The van der Waals surface area contributed by atoms with Gasteiger partial charge >= 0.3 is 0 Å². The molecule has 0 unspecified atom stereocenters. The van der Waals surface area contributed by atoms with Gasteiger partial charge in [-0.1, -0.05) is 19.9 Å². The fourth-order valence-electron chi connectivity index (χ4n) is 2.07. The topological polar surface area (TPSA) is 59.8 Å². The zero-order chi connectivity index (χ0) is 16.4. The number of para-hydroxylation sites is 1. The number of hydrogen-bond donors (Lipinski definition) is 1. The van der Waals surface area contributed by atoms with Crippen molar-refractivity contribution in [2.24, 2.45) is 0 Å². The first-order valence-corrected chi connectivity index (χ1v) is 7.93. The first-order chi connectivity index (χ1) is 11.1. The maximum Gasteiger partial charge on any atom is 0.267 e. The molecule has 0 aliphatic carbocycles. The highest BCUT2D eigenvalue weighted by molar-refractivity contribution is 7.13. The van der Waals surface area contributed by atoms with E-state index < -0.39 is 5.82 Å². The molecule has 118 valence electrons. The summed E-state index contributed by atoms with van der Waals surface area (Å²) in [6, 6.07) is 6.30. The lowest BCUT2D eigenvalue weighted by atomic mass is 10.2. The zero-order valence-electron chi connectivity index (χ0n) is 12.7. The molecule has 0 saturated heterocycles. The van der Waals surface area contributed by atoms with E-state index in [1.54, 1.807) is 30.6 Å². The fraction of sp³-hybridized carbons (Fsp3) is 0.188. The molecule has 0 saturated carbocycles. The van der Waals surface area contributed by atoms with Crippen molar-refractivity contribution in [3.05, 3.63) is 58.6 Å². The molecule has 0 fully saturated rings. The van der Waals surface area contributed by atoms with Crippen LogP contribution >= 0.6 is 11.3 Å². The van der Waals surface area contributed by atoms with E-state index in [2.05, 4.69) is 15.4 Å². The maximum atomic E-state index is 14.2. The van der Waals surface area contributed by atoms with Gasteiger partial charge in [-0.3, -0.25) is 4.79 Å². The van der Waals surface area contributed by atoms with Gasteiger partial charge in [0.05, 0.1) is 16.9 Å². The van der Waals surface area contributed by atoms with Gasteiger partial charge in [-0.15, -0.1) is 11.3 Å². The predicted molar refractivity (Wildman–Crippen MR) is 87.7 cm³/mol. The maximum absolute atomic E-state index is 14.2. The van der Waals surface area contributed by atoms with E-state index in [0.29, 0.717) is 10.6 Å². The number of benzene rings is 1. The number of carbonyl (C=O) groups is 1. The number of halogens is 1. The fourth-order valence-corrected chi connectivity index (χ4v) is 2.89. The van der Waals surface area contributed by atoms with Crippen LogP contribution in [0.1, 0.15) is 34.4 Å². The third-order valence-electron chi connectivity index (χ3n) is 3.22. The van der Waals surface area contributed by atoms with Gasteiger partial charge in [0.2, 0.25) is 0 Å². The average molecular weight is 330 g/mol. The van der Waals surface area contributed by atoms with Crippen molar-refractivity contribution < 1.29 is 9.18 Å². The Hall–Kier alpha value is -2.54. The van der Waals surface area contributed by atoms with E-state index >= 15 is 0 Å². The van der Waals surface area contributed by atoms with E-state index in [0.717, 1.165) is 5.01 Å². The van der Waals surface area contributed by atoms with Crippen LogP contribution in [0.2, 0.25) is 0 Å². The summed E-state index contributed by atoms with van der Waals surface area (Å²) in [5.74, 6) is -0.650. The van der Waals surface area contributed by atoms with E-state index in [4.69, 9.17) is 0 Å². The van der Waals surface area contributed by atoms with Gasteiger partial charge in [-0.25, -0.2) is 14.1 Å². The molecule has 0 radical (unpaired) electrons. The Morgan fingerprint density at radius 3 is 2.83 bits per heavy atom. The number of rotatable bonds is 4. The quantitative estimate of drug-likeness (QED) is 0.790. The Kier molecular flexibility index (Phi) is 4.20. The Balaban J connectivity index is 1.91. The number of thiazole rings is 1. The minimum absolute atomic E-state index is 0.0979. The van der Waals surface area contributed by atoms with Gasteiger partial charge in [0.25, 0.3) is 5.91 Å². The lowest BCUT2D eigenvalue weighted by molar-refractivity contribution is 0.103. The third-order valence-corrected chi connectivity index (χ3v) is 4.52. The number of carbonyl (C=O) groups excluding carboxylic acids is 1. The van der Waals surface area contributed by atoms with Crippen LogP contribution in [0.5, 0.6) is 0 Å². The minimum atomic E-state index is -0.514. The van der Waals surface area contributed by atoms with Gasteiger partial charge in [0, 0.05) is 18.3 Å². The first kappa shape index (κ1) is 15.4. The number of anilines is 1. The standard InChI is InChI=1S/C16H15FN4OS/c1-10(2)16-18-9-13(23-16)15(22)20-14-11(17)5-3-6-12(14)21-8-4-7-19-21/h3-10H,1-2H3,(H,20,22). The molecule has 3 aromatic rings. The van der Waals surface area contributed by atoms with Gasteiger partial charge in [0.1, 0.15) is 16.4 Å². The smallest absolute Gasteiger partial charge is 0.267 e. The summed E-state index contributed by atoms with van der Waals surface area (Å²) in [4.78, 5) is 17.1. The second-order valence-corrected chi connectivity index (χ2v) is 6.32. The molecular weight excluding hydrogens is 315 g/mol. The summed E-state index contributed by atoms with van der Waals surface area (Å²) in [6.07, 6.45) is 4.80. The molecule has 0 bridgehead atoms. The van der Waals surface area contributed by atoms with Crippen LogP contribution in [0.25, 0.3) is 5.69 Å². The van der Waals surface area contributed by atoms with E-state index in [9.17, 15) is 9.18 Å². The second-order valence-electron chi connectivity index (χ2n) is 5.26. The van der Waals surface area contributed by atoms with Crippen molar-refractivity contribution in [1.29, 1.82) is 0 Å². The molecule has 0 spiro atoms. The normalized spacial score (nSPS) is 11.0. The first-order valence-electron chi connectivity index (χ1n) is 7.12. The lowest BCUT2D eigenvalue weighted by Gasteiger charge is -2.11. The molecule has 2 heterocycles. The molecule has 3 rings (SSSR count). The summed E-state index contributed by atoms with van der Waals surface area (Å²) >= 11 is 1.31. The van der Waals surface area contributed by atoms with Gasteiger partial charge in [-0.2, -0.15) is 5.10 Å². The van der Waals surface area contributed by atoms with Crippen LogP contribution in [0.15, 0.2) is 42.9 Å². The van der Waals surface area contributed by atoms with Crippen LogP contribution in [0, 0.1) is 5.82 Å². The second kappa shape index (κ2) is 6.29. The summed E-state index contributed by atoms with van der Waals surface area (Å²) < 4.78 is 15.7. The average Bonchev–Trinajstić information content (AvgIpc) is 3.20. The van der Waals surface area contributed by atoms with Crippen LogP contribution in [0.4, 0.5) is 10.1 Å². The van der Waals surface area contributed by atoms with Crippen molar-refractivity contribution in [2.75, 3.05) is 5.32 Å². The molecule has 0 aliphatic rings. The van der Waals surface area contributed by atoms with Crippen LogP contribution in [-0.2, 0) is 0 Å². The summed E-state index contributed by atoms with van der Waals surface area (Å²) in [6.45, 7) is 4.01. The lowest BCUT2D eigenvalue weighted by Crippen LogP contribution is -2.14. The molecule has 2 aromatic heterocycles. The van der Waals surface area contributed by atoms with Crippen LogP contribution in [-0.4, -0.2) is 20.7 Å². The largest absolute Gasteiger partial charge is 0.317 e. The molecular formula is C16H15FN4OS. The highest BCUT2D eigenvalue weighted by atomic mass is 32.1. The number of hydrogen-bond acceptors (Lipinski definition) is 4. The molecule has 0 aliphatic heterocycles. The monoisotopic (exact) mass is 330 g/mol. The van der Waals surface area contributed by atoms with E-state index in [1.165, 1.54) is 28.3 Å². The van der Waals surface area contributed by atoms with Crippen molar-refractivity contribution in [2.45, 2.75) is 19.8 Å². The van der Waals surface area contributed by atoms with Crippen molar-refractivity contribution in [3.63, 3.8) is 0 Å². The molecule has 23 heavy (non-hydrogen) atoms. The third kappa shape index (κ3) is 3.14. The SMILES string of the molecule is CC(C)c1ncc(C(=O)Nc2c(F)cccc2-n2cccn2)s1. The molecule has 1 aromatic carbocycles. The van der Waals surface area contributed by atoms with E-state index in [-0.39, 0.29) is 17.5 Å². The van der Waals surface area contributed by atoms with E-state index in [1.807, 2.05) is 13.8 Å². The van der Waals surface area contributed by atoms with Gasteiger partial charge in [-0.05, 0) is 18.2 Å². The molecule has 1 amide bonds. The summed E-state index contributed by atoms with van der Waals surface area (Å²) in [5, 5.41) is 7.59. The van der Waals surface area contributed by atoms with Crippen molar-refractivity contribution in [1.82, 2.24) is 14.8 Å². The predicted octanol–water partition coefficient (Wildman–Crippen LogP) is 3.84. The Morgan fingerprint density at radius 1 is 1.35 bits per heavy atom. The number of nitrogens with one attached hydrogen (secondary N) is 1. The highest BCUT2D eigenvalue weighted by Crippen LogP contribution is 2.26. The highest BCUT2D eigenvalue weighted by Gasteiger charge is 2.17. The molecule has 0 atom stereocenters. The van der Waals surface area contributed by atoms with Gasteiger partial charge in [0.15, 0.2) is 0 Å². The minimum Gasteiger partial charge on any atom is -0.317 e. The van der Waals surface area contributed by atoms with Crippen molar-refractivity contribution in [3.8, 4) is 5.69 Å². The van der Waals surface area contributed by atoms with Gasteiger partial charge < -0.3 is 5.32 Å². The van der Waals surface area contributed by atoms with Crippen LogP contribution in [0.3, 0.4) is 0 Å². The molecule has 1 N–H and O–H groups in total. The summed E-state index contributed by atoms with van der Waals surface area (Å²) in [7, 11) is 0. The molecule has 7 heteroatoms. The Bertz CT molecular complexity index is 826. The zero-order valence-corrected chi connectivity index (χ0v) is 13.5. The van der Waals surface area contributed by atoms with Crippen molar-refractivity contribution >= 4 is 22.9 Å². The summed E-state index contributed by atoms with van der Waals surface area (Å²) in [5.41, 5.74) is 0.567. The van der Waals surface area contributed by atoms with Crippen LogP contribution < -0.4 is 5.32 Å². The number of amides is 1. The Morgan fingerprint density at radius 2 is 2.17 bits per heavy atom. The number of nitrogens with zero attached hydrogens (tertiary/aromatic N) is 3.